The van der Waals surface area contributed by atoms with Crippen LogP contribution in [0.3, 0.4) is 0 Å². The number of benzene rings is 4. The van der Waals surface area contributed by atoms with Crippen molar-refractivity contribution in [2.45, 2.75) is 18.7 Å². The Hall–Kier alpha value is -4.21. The third-order valence-corrected chi connectivity index (χ3v) is 9.60. The van der Waals surface area contributed by atoms with E-state index in [-0.39, 0.29) is 10.4 Å². The van der Waals surface area contributed by atoms with Gasteiger partial charge in [0, 0.05) is 60.8 Å². The first-order valence-electron chi connectivity index (χ1n) is 13.5. The average molecular weight is 583 g/mol. The van der Waals surface area contributed by atoms with Gasteiger partial charge in [-0.05, 0) is 56.3 Å². The molecule has 0 saturated carbocycles. The van der Waals surface area contributed by atoms with E-state index in [4.69, 9.17) is 9.40 Å². The fourth-order valence-electron chi connectivity index (χ4n) is 5.14. The molecule has 0 fully saturated rings. The first kappa shape index (κ1) is 27.0. The zero-order chi connectivity index (χ0) is 28.7. The van der Waals surface area contributed by atoms with E-state index < -0.39 is 10.0 Å². The molecule has 0 radical (unpaired) electrons. The number of aromatic nitrogens is 1. The fourth-order valence-corrected chi connectivity index (χ4v) is 7.27. The van der Waals surface area contributed by atoms with Gasteiger partial charge in [-0.1, -0.05) is 36.4 Å². The zero-order valence-electron chi connectivity index (χ0n) is 23.3. The number of anilines is 2. The molecule has 0 aliphatic heterocycles. The lowest BCUT2D eigenvalue weighted by atomic mass is 10.1. The third kappa shape index (κ3) is 4.96. The van der Waals surface area contributed by atoms with Crippen LogP contribution in [0.5, 0.6) is 0 Å². The van der Waals surface area contributed by atoms with Crippen molar-refractivity contribution < 1.29 is 12.8 Å². The predicted molar refractivity (Wildman–Crippen MR) is 169 cm³/mol. The molecule has 6 aromatic rings. The smallest absolute Gasteiger partial charge is 0.286 e. The predicted octanol–water partition coefficient (Wildman–Crippen LogP) is 7.06. The molecule has 2 aromatic heterocycles. The van der Waals surface area contributed by atoms with Gasteiger partial charge in [0.25, 0.3) is 10.0 Å². The van der Waals surface area contributed by atoms with E-state index in [1.165, 1.54) is 11.3 Å². The van der Waals surface area contributed by atoms with Gasteiger partial charge < -0.3 is 14.2 Å². The lowest BCUT2D eigenvalue weighted by molar-refractivity contribution is 0.543. The maximum atomic E-state index is 14.0. The molecule has 41 heavy (non-hydrogen) atoms. The number of thiazole rings is 1. The second kappa shape index (κ2) is 10.6. The van der Waals surface area contributed by atoms with E-state index in [0.29, 0.717) is 21.5 Å². The molecule has 0 atom stereocenters. The zero-order valence-corrected chi connectivity index (χ0v) is 25.0. The molecular weight excluding hydrogens is 553 g/mol. The second-order valence-electron chi connectivity index (χ2n) is 9.94. The van der Waals surface area contributed by atoms with E-state index in [0.717, 1.165) is 45.5 Å². The van der Waals surface area contributed by atoms with E-state index in [1.54, 1.807) is 12.1 Å². The van der Waals surface area contributed by atoms with Crippen molar-refractivity contribution in [2.75, 3.05) is 37.0 Å². The summed E-state index contributed by atoms with van der Waals surface area (Å²) in [4.78, 5) is 9.10. The lowest BCUT2D eigenvalue weighted by Gasteiger charge is -2.21. The van der Waals surface area contributed by atoms with Crippen molar-refractivity contribution in [1.82, 2.24) is 4.98 Å². The van der Waals surface area contributed by atoms with Crippen LogP contribution < -0.4 is 15.4 Å². The van der Waals surface area contributed by atoms with Crippen molar-refractivity contribution in [1.29, 1.82) is 0 Å². The maximum absolute atomic E-state index is 14.0. The lowest BCUT2D eigenvalue weighted by Crippen LogP contribution is -2.21. The van der Waals surface area contributed by atoms with Crippen LogP contribution in [0.4, 0.5) is 11.4 Å². The van der Waals surface area contributed by atoms with Gasteiger partial charge in [0.15, 0.2) is 0 Å². The number of nitrogens with zero attached hydrogens (tertiary/aromatic N) is 4. The summed E-state index contributed by atoms with van der Waals surface area (Å²) in [6, 6.07) is 26.6. The van der Waals surface area contributed by atoms with Crippen molar-refractivity contribution in [3.63, 3.8) is 0 Å². The monoisotopic (exact) mass is 582 g/mol. The normalized spacial score (nSPS) is 12.4. The number of hydrogen-bond donors (Lipinski definition) is 0. The Morgan fingerprint density at radius 1 is 0.878 bits per heavy atom. The molecule has 2 heterocycles. The van der Waals surface area contributed by atoms with Crippen molar-refractivity contribution in [3.05, 3.63) is 90.5 Å². The summed E-state index contributed by atoms with van der Waals surface area (Å²) in [5.74, 6) is 0. The SMILES string of the molecule is CCN(CC)c1ccc2cc(-c3nc4ccccc4s3)/c(=N/S(=O)(=O)c3cccc4c(N(C)C)cccc34)oc2c1. The summed E-state index contributed by atoms with van der Waals surface area (Å²) in [6.07, 6.45) is 0. The van der Waals surface area contributed by atoms with Crippen LogP contribution in [0.2, 0.25) is 0 Å². The average Bonchev–Trinajstić information content (AvgIpc) is 3.40. The van der Waals surface area contributed by atoms with Gasteiger partial charge >= 0.3 is 0 Å². The summed E-state index contributed by atoms with van der Waals surface area (Å²) in [6.45, 7) is 5.88. The molecule has 4 aromatic carbocycles. The largest absolute Gasteiger partial charge is 0.437 e. The minimum Gasteiger partial charge on any atom is -0.437 e. The van der Waals surface area contributed by atoms with Crippen LogP contribution in [-0.2, 0) is 10.0 Å². The van der Waals surface area contributed by atoms with Gasteiger partial charge in [0.05, 0.1) is 20.7 Å². The van der Waals surface area contributed by atoms with Crippen LogP contribution in [-0.4, -0.2) is 40.6 Å². The molecular formula is C32H30N4O3S2. The van der Waals surface area contributed by atoms with Crippen molar-refractivity contribution >= 4 is 64.7 Å². The molecule has 0 unspecified atom stereocenters. The Kier molecular flexibility index (Phi) is 7.01. The Morgan fingerprint density at radius 2 is 1.63 bits per heavy atom. The second-order valence-corrected chi connectivity index (χ2v) is 12.5. The molecule has 9 heteroatoms. The van der Waals surface area contributed by atoms with Gasteiger partial charge in [0.1, 0.15) is 10.6 Å². The number of para-hydroxylation sites is 1. The molecule has 0 aliphatic carbocycles. The highest BCUT2D eigenvalue weighted by molar-refractivity contribution is 7.90. The Bertz CT molecular complexity index is 2060. The minimum absolute atomic E-state index is 0.00835. The number of hydrogen-bond acceptors (Lipinski definition) is 7. The summed E-state index contributed by atoms with van der Waals surface area (Å²) in [5.41, 5.74) is 3.86. The van der Waals surface area contributed by atoms with E-state index in [2.05, 4.69) is 29.2 Å². The summed E-state index contributed by atoms with van der Waals surface area (Å²) in [7, 11) is -0.297. The minimum atomic E-state index is -4.17. The van der Waals surface area contributed by atoms with Gasteiger partial charge in [-0.25, -0.2) is 4.98 Å². The maximum Gasteiger partial charge on any atom is 0.286 e. The van der Waals surface area contributed by atoms with Crippen LogP contribution in [0.25, 0.3) is 42.5 Å². The summed E-state index contributed by atoms with van der Waals surface area (Å²) in [5, 5.41) is 2.92. The van der Waals surface area contributed by atoms with Gasteiger partial charge in [-0.3, -0.25) is 0 Å². The molecule has 0 aliphatic rings. The number of rotatable bonds is 7. The number of fused-ring (bicyclic) bond motifs is 3. The van der Waals surface area contributed by atoms with E-state index in [9.17, 15) is 8.42 Å². The van der Waals surface area contributed by atoms with Crippen LogP contribution in [0.1, 0.15) is 13.8 Å². The summed E-state index contributed by atoms with van der Waals surface area (Å²) >= 11 is 1.48. The van der Waals surface area contributed by atoms with Gasteiger partial charge in [-0.15, -0.1) is 15.7 Å². The fraction of sp³-hybridized carbons (Fsp3) is 0.188. The molecule has 0 saturated heterocycles. The van der Waals surface area contributed by atoms with Gasteiger partial charge in [-0.2, -0.15) is 8.42 Å². The van der Waals surface area contributed by atoms with Crippen LogP contribution in [0.15, 0.2) is 98.6 Å². The Balaban J connectivity index is 1.62. The quantitative estimate of drug-likeness (QED) is 0.200. The Morgan fingerprint density at radius 3 is 2.39 bits per heavy atom. The summed E-state index contributed by atoms with van der Waals surface area (Å²) < 4.78 is 39.7. The third-order valence-electron chi connectivity index (χ3n) is 7.21. The van der Waals surface area contributed by atoms with Crippen LogP contribution >= 0.6 is 11.3 Å². The van der Waals surface area contributed by atoms with E-state index in [1.807, 2.05) is 85.7 Å². The Labute approximate surface area is 243 Å². The number of sulfonamides is 1. The van der Waals surface area contributed by atoms with E-state index >= 15 is 0 Å². The molecule has 0 bridgehead atoms. The molecule has 0 amide bonds. The first-order valence-corrected chi connectivity index (χ1v) is 15.7. The highest BCUT2D eigenvalue weighted by atomic mass is 32.2. The van der Waals surface area contributed by atoms with Gasteiger partial charge in [0.2, 0.25) is 5.55 Å². The van der Waals surface area contributed by atoms with Crippen molar-refractivity contribution in [2.24, 2.45) is 4.40 Å². The molecule has 208 valence electrons. The molecule has 0 N–H and O–H groups in total. The highest BCUT2D eigenvalue weighted by Gasteiger charge is 2.21. The van der Waals surface area contributed by atoms with Crippen molar-refractivity contribution in [3.8, 4) is 10.6 Å². The molecule has 6 rings (SSSR count). The van der Waals surface area contributed by atoms with Crippen LogP contribution in [0, 0.1) is 0 Å². The standard InChI is InChI=1S/C32H30N4O3S2/c1-5-36(6-2)22-18-17-21-19-25(32-33-26-13-7-8-15-29(26)40-32)31(39-28(21)20-22)34-41(37,38)30-16-10-11-23-24(30)12-9-14-27(23)35(3)4/h7-20H,5-6H2,1-4H3/b34-31-. The molecule has 7 nitrogen and oxygen atoms in total. The molecule has 0 spiro atoms. The highest BCUT2D eigenvalue weighted by Crippen LogP contribution is 2.33. The topological polar surface area (TPSA) is 79.0 Å². The first-order chi connectivity index (χ1) is 19.8.